The summed E-state index contributed by atoms with van der Waals surface area (Å²) in [5.74, 6) is 1.21. The Bertz CT molecular complexity index is 1230. The van der Waals surface area contributed by atoms with Gasteiger partial charge in [0.2, 0.25) is 11.2 Å². The zero-order chi connectivity index (χ0) is 24.2. The van der Waals surface area contributed by atoms with E-state index in [9.17, 15) is 14.7 Å². The molecular formula is C27H32NO6+. The maximum Gasteiger partial charge on any atom is 0.338 e. The largest absolute Gasteiger partial charge is 0.507 e. The number of fused-ring (bicyclic) bond motifs is 1. The number of phenolic OH excluding ortho intramolecular Hbond substituents is 1. The van der Waals surface area contributed by atoms with E-state index in [1.54, 1.807) is 43.3 Å². The van der Waals surface area contributed by atoms with Crippen LogP contribution in [0.1, 0.15) is 54.8 Å². The molecule has 34 heavy (non-hydrogen) atoms. The first-order valence-electron chi connectivity index (χ1n) is 11.9. The predicted octanol–water partition coefficient (Wildman–Crippen LogP) is 3.98. The van der Waals surface area contributed by atoms with Crippen molar-refractivity contribution < 1.29 is 28.7 Å². The standard InChI is InChI=1S/C27H31NO6/c1-4-14-32-27(31)19-7-9-20(10-8-19)34-25-18(3)33-26-21(24(25)30)11-12-23(29)22(26)16-28-13-5-6-17(2)15-28/h7-12,17,29H,4-6,13-16H2,1-3H3/p+1/t17-/m0/s1. The van der Waals surface area contributed by atoms with Crippen LogP contribution in [0, 0.1) is 12.8 Å². The number of carbonyl (C=O) groups excluding carboxylic acids is 1. The molecule has 3 aromatic rings. The number of benzene rings is 2. The van der Waals surface area contributed by atoms with Gasteiger partial charge in [0.25, 0.3) is 0 Å². The lowest BCUT2D eigenvalue weighted by Gasteiger charge is -2.28. The van der Waals surface area contributed by atoms with Gasteiger partial charge in [-0.25, -0.2) is 4.79 Å². The summed E-state index contributed by atoms with van der Waals surface area (Å²) in [5, 5.41) is 10.9. The van der Waals surface area contributed by atoms with Crippen molar-refractivity contribution >= 4 is 16.9 Å². The van der Waals surface area contributed by atoms with Crippen LogP contribution in [0.15, 0.2) is 45.6 Å². The second kappa shape index (κ2) is 10.3. The van der Waals surface area contributed by atoms with E-state index in [2.05, 4.69) is 6.92 Å². The van der Waals surface area contributed by atoms with Crippen molar-refractivity contribution in [3.63, 3.8) is 0 Å². The molecule has 4 rings (SSSR count). The minimum atomic E-state index is -0.396. The highest BCUT2D eigenvalue weighted by molar-refractivity contribution is 5.89. The molecule has 7 heteroatoms. The quantitative estimate of drug-likeness (QED) is 0.512. The summed E-state index contributed by atoms with van der Waals surface area (Å²) in [6.45, 7) is 8.89. The van der Waals surface area contributed by atoms with Gasteiger partial charge in [-0.15, -0.1) is 0 Å². The van der Waals surface area contributed by atoms with Crippen molar-refractivity contribution in [2.75, 3.05) is 19.7 Å². The van der Waals surface area contributed by atoms with Crippen LogP contribution < -0.4 is 15.1 Å². The molecule has 180 valence electrons. The molecular weight excluding hydrogens is 434 g/mol. The fraction of sp³-hybridized carbons (Fsp3) is 0.407. The molecule has 0 aliphatic carbocycles. The fourth-order valence-corrected chi connectivity index (χ4v) is 4.55. The number of likely N-dealkylation sites (tertiary alicyclic amines) is 1. The fourth-order valence-electron chi connectivity index (χ4n) is 4.55. The normalized spacial score (nSPS) is 18.1. The smallest absolute Gasteiger partial charge is 0.338 e. The summed E-state index contributed by atoms with van der Waals surface area (Å²) in [6, 6.07) is 9.57. The molecule has 2 aromatic carbocycles. The van der Waals surface area contributed by atoms with E-state index in [1.165, 1.54) is 11.3 Å². The molecule has 7 nitrogen and oxygen atoms in total. The highest BCUT2D eigenvalue weighted by atomic mass is 16.5. The maximum atomic E-state index is 13.3. The molecule has 2 atom stereocenters. The van der Waals surface area contributed by atoms with Crippen LogP contribution in [0.2, 0.25) is 0 Å². The first kappa shape index (κ1) is 23.8. The summed E-state index contributed by atoms with van der Waals surface area (Å²) >= 11 is 0. The van der Waals surface area contributed by atoms with Gasteiger partial charge in [0, 0.05) is 5.92 Å². The number of carbonyl (C=O) groups is 1. The molecule has 2 N–H and O–H groups in total. The Balaban J connectivity index is 1.62. The monoisotopic (exact) mass is 466 g/mol. The van der Waals surface area contributed by atoms with Gasteiger partial charge in [-0.3, -0.25) is 4.79 Å². The molecule has 1 unspecified atom stereocenters. The summed E-state index contributed by atoms with van der Waals surface area (Å²) in [7, 11) is 0. The lowest BCUT2D eigenvalue weighted by Crippen LogP contribution is -3.12. The van der Waals surface area contributed by atoms with E-state index >= 15 is 0 Å². The number of piperidine rings is 1. The molecule has 1 aliphatic rings. The Kier molecular flexibility index (Phi) is 7.22. The van der Waals surface area contributed by atoms with Crippen molar-refractivity contribution in [2.45, 2.75) is 46.6 Å². The number of ether oxygens (including phenoxy) is 2. The van der Waals surface area contributed by atoms with Crippen LogP contribution in [0.3, 0.4) is 0 Å². The van der Waals surface area contributed by atoms with Crippen LogP contribution in [-0.4, -0.2) is 30.8 Å². The highest BCUT2D eigenvalue weighted by Gasteiger charge is 2.25. The zero-order valence-corrected chi connectivity index (χ0v) is 20.0. The number of rotatable bonds is 7. The third kappa shape index (κ3) is 5.09. The van der Waals surface area contributed by atoms with Gasteiger partial charge in [-0.05, 0) is 62.6 Å². The molecule has 1 fully saturated rings. The predicted molar refractivity (Wildman–Crippen MR) is 129 cm³/mol. The highest BCUT2D eigenvalue weighted by Crippen LogP contribution is 2.30. The Hall–Kier alpha value is -3.32. The van der Waals surface area contributed by atoms with Gasteiger partial charge in [0.05, 0.1) is 36.2 Å². The van der Waals surface area contributed by atoms with E-state index in [0.29, 0.717) is 52.7 Å². The molecule has 1 aliphatic heterocycles. The summed E-state index contributed by atoms with van der Waals surface area (Å²) in [5.41, 5.74) is 1.18. The van der Waals surface area contributed by atoms with Crippen LogP contribution in [0.25, 0.3) is 11.0 Å². The lowest BCUT2D eigenvalue weighted by molar-refractivity contribution is -0.922. The number of phenols is 1. The number of nitrogens with one attached hydrogen (secondary N) is 1. The SMILES string of the molecule is CCCOC(=O)c1ccc(Oc2c(C)oc3c(C[NH+]4CCC[C@H](C)C4)c(O)ccc3c2=O)cc1. The molecule has 0 saturated carbocycles. The van der Waals surface area contributed by atoms with Crippen LogP contribution >= 0.6 is 0 Å². The van der Waals surface area contributed by atoms with E-state index < -0.39 is 5.97 Å². The van der Waals surface area contributed by atoms with Crippen LogP contribution in [0.4, 0.5) is 0 Å². The first-order valence-corrected chi connectivity index (χ1v) is 11.9. The summed E-state index contributed by atoms with van der Waals surface area (Å²) < 4.78 is 17.1. The van der Waals surface area contributed by atoms with Crippen molar-refractivity contribution in [1.82, 2.24) is 0 Å². The van der Waals surface area contributed by atoms with Gasteiger partial charge in [-0.2, -0.15) is 0 Å². The lowest BCUT2D eigenvalue weighted by atomic mass is 9.99. The van der Waals surface area contributed by atoms with Crippen molar-refractivity contribution in [2.24, 2.45) is 5.92 Å². The number of hydrogen-bond donors (Lipinski definition) is 2. The molecule has 0 amide bonds. The molecule has 0 spiro atoms. The van der Waals surface area contributed by atoms with Crippen molar-refractivity contribution in [3.05, 3.63) is 63.5 Å². The summed E-state index contributed by atoms with van der Waals surface area (Å²) in [6.07, 6.45) is 3.13. The third-order valence-corrected chi connectivity index (χ3v) is 6.30. The van der Waals surface area contributed by atoms with Gasteiger partial charge < -0.3 is 23.9 Å². The van der Waals surface area contributed by atoms with Gasteiger partial charge in [0.1, 0.15) is 23.8 Å². The number of aryl methyl sites for hydroxylation is 1. The maximum absolute atomic E-state index is 13.3. The number of hydrogen-bond acceptors (Lipinski definition) is 6. The van der Waals surface area contributed by atoms with Gasteiger partial charge in [0.15, 0.2) is 5.58 Å². The van der Waals surface area contributed by atoms with Gasteiger partial charge >= 0.3 is 5.97 Å². The van der Waals surface area contributed by atoms with E-state index in [1.807, 2.05) is 6.92 Å². The second-order valence-corrected chi connectivity index (χ2v) is 9.15. The Morgan fingerprint density at radius 1 is 1.21 bits per heavy atom. The minimum Gasteiger partial charge on any atom is -0.507 e. The number of esters is 1. The minimum absolute atomic E-state index is 0.0874. The number of aromatic hydroxyl groups is 1. The van der Waals surface area contributed by atoms with E-state index in [4.69, 9.17) is 13.9 Å². The second-order valence-electron chi connectivity index (χ2n) is 9.15. The zero-order valence-electron chi connectivity index (χ0n) is 20.0. The molecule has 1 saturated heterocycles. The Morgan fingerprint density at radius 2 is 1.97 bits per heavy atom. The van der Waals surface area contributed by atoms with Crippen molar-refractivity contribution in [1.29, 1.82) is 0 Å². The molecule has 1 aromatic heterocycles. The van der Waals surface area contributed by atoms with E-state index in [0.717, 1.165) is 25.9 Å². The Morgan fingerprint density at radius 3 is 2.68 bits per heavy atom. The molecule has 0 radical (unpaired) electrons. The Labute approximate surface area is 198 Å². The number of quaternary nitrogens is 1. The van der Waals surface area contributed by atoms with Crippen molar-refractivity contribution in [3.8, 4) is 17.2 Å². The third-order valence-electron chi connectivity index (χ3n) is 6.30. The molecule has 2 heterocycles. The van der Waals surface area contributed by atoms with E-state index in [-0.39, 0.29) is 16.9 Å². The average Bonchev–Trinajstić information content (AvgIpc) is 2.82. The molecule has 0 bridgehead atoms. The topological polar surface area (TPSA) is 90.4 Å². The van der Waals surface area contributed by atoms with Gasteiger partial charge in [-0.1, -0.05) is 13.8 Å². The average molecular weight is 467 g/mol. The van der Waals surface area contributed by atoms with Crippen LogP contribution in [0.5, 0.6) is 17.2 Å². The first-order chi connectivity index (χ1) is 16.4. The summed E-state index contributed by atoms with van der Waals surface area (Å²) in [4.78, 5) is 26.7. The van der Waals surface area contributed by atoms with Crippen LogP contribution in [-0.2, 0) is 11.3 Å².